The summed E-state index contributed by atoms with van der Waals surface area (Å²) in [5.41, 5.74) is 5.39. The number of rotatable bonds is 4. The summed E-state index contributed by atoms with van der Waals surface area (Å²) in [6.07, 6.45) is 3.25. The molecule has 1 aromatic carbocycles. The summed E-state index contributed by atoms with van der Waals surface area (Å²) in [6.45, 7) is -0.0299. The van der Waals surface area contributed by atoms with Gasteiger partial charge in [0, 0.05) is 12.5 Å². The van der Waals surface area contributed by atoms with Crippen molar-refractivity contribution in [1.82, 2.24) is 15.0 Å². The molecular weight excluding hydrogens is 231 g/mol. The molecule has 1 heterocycles. The Bertz CT molecular complexity index is 535. The number of hydrogen-bond acceptors (Lipinski definition) is 3. The molecule has 0 saturated heterocycles. The number of halogens is 1. The van der Waals surface area contributed by atoms with E-state index in [9.17, 15) is 4.39 Å². The van der Waals surface area contributed by atoms with Crippen molar-refractivity contribution in [3.8, 4) is 5.69 Å². The van der Waals surface area contributed by atoms with E-state index in [1.807, 2.05) is 30.3 Å². The lowest BCUT2D eigenvalue weighted by Gasteiger charge is -2.23. The first-order valence-corrected chi connectivity index (χ1v) is 6.11. The molecule has 4 nitrogen and oxygen atoms in total. The van der Waals surface area contributed by atoms with Gasteiger partial charge in [-0.1, -0.05) is 23.4 Å². The molecule has 1 atom stereocenters. The summed E-state index contributed by atoms with van der Waals surface area (Å²) >= 11 is 0. The molecule has 1 fully saturated rings. The molecule has 0 spiro atoms. The van der Waals surface area contributed by atoms with Gasteiger partial charge in [-0.3, -0.25) is 0 Å². The van der Waals surface area contributed by atoms with E-state index in [1.165, 1.54) is 6.20 Å². The summed E-state index contributed by atoms with van der Waals surface area (Å²) < 4.78 is 16.5. The van der Waals surface area contributed by atoms with Crippen molar-refractivity contribution < 1.29 is 4.39 Å². The van der Waals surface area contributed by atoms with Crippen molar-refractivity contribution >= 4 is 0 Å². The molecule has 1 aliphatic carbocycles. The van der Waals surface area contributed by atoms with E-state index in [0.717, 1.165) is 18.5 Å². The van der Waals surface area contributed by atoms with Crippen LogP contribution in [0.15, 0.2) is 36.5 Å². The molecule has 1 unspecified atom stereocenters. The van der Waals surface area contributed by atoms with Crippen molar-refractivity contribution in [2.75, 3.05) is 6.54 Å². The third-order valence-corrected chi connectivity index (χ3v) is 3.50. The van der Waals surface area contributed by atoms with Crippen LogP contribution in [0.5, 0.6) is 0 Å². The molecule has 18 heavy (non-hydrogen) atoms. The van der Waals surface area contributed by atoms with Gasteiger partial charge in [-0.2, -0.15) is 0 Å². The third kappa shape index (κ3) is 1.71. The van der Waals surface area contributed by atoms with Crippen LogP contribution in [-0.2, 0) is 5.67 Å². The molecule has 1 aliphatic rings. The molecular formula is C13H15FN4. The molecule has 2 N–H and O–H groups in total. The Labute approximate surface area is 105 Å². The highest BCUT2D eigenvalue weighted by Gasteiger charge is 2.48. The average molecular weight is 246 g/mol. The predicted molar refractivity (Wildman–Crippen MR) is 65.9 cm³/mol. The number of benzene rings is 1. The zero-order valence-corrected chi connectivity index (χ0v) is 9.96. The highest BCUT2D eigenvalue weighted by Crippen LogP contribution is 2.48. The summed E-state index contributed by atoms with van der Waals surface area (Å²) in [6, 6.07) is 9.44. The average Bonchev–Trinajstić information content (AvgIpc) is 3.16. The van der Waals surface area contributed by atoms with Crippen LogP contribution in [0.25, 0.3) is 5.69 Å². The second-order valence-electron chi connectivity index (χ2n) is 4.71. The molecule has 1 saturated carbocycles. The van der Waals surface area contributed by atoms with E-state index in [1.54, 1.807) is 4.68 Å². The normalized spacial score (nSPS) is 18.6. The zero-order chi connectivity index (χ0) is 12.6. The lowest BCUT2D eigenvalue weighted by Crippen LogP contribution is -2.34. The predicted octanol–water partition coefficient (Wildman–Crippen LogP) is 1.80. The van der Waals surface area contributed by atoms with Gasteiger partial charge in [0.25, 0.3) is 0 Å². The molecule has 0 radical (unpaired) electrons. The molecule has 0 amide bonds. The Kier molecular flexibility index (Phi) is 2.63. The Morgan fingerprint density at radius 3 is 2.67 bits per heavy atom. The first-order chi connectivity index (χ1) is 8.75. The van der Waals surface area contributed by atoms with E-state index in [-0.39, 0.29) is 12.5 Å². The van der Waals surface area contributed by atoms with E-state index < -0.39 is 5.67 Å². The van der Waals surface area contributed by atoms with Gasteiger partial charge in [0.15, 0.2) is 5.67 Å². The number of hydrogen-bond donors (Lipinski definition) is 1. The highest BCUT2D eigenvalue weighted by molar-refractivity contribution is 5.33. The fourth-order valence-corrected chi connectivity index (χ4v) is 2.30. The molecule has 5 heteroatoms. The second-order valence-corrected chi connectivity index (χ2v) is 4.71. The number of para-hydroxylation sites is 1. The Morgan fingerprint density at radius 1 is 1.33 bits per heavy atom. The number of nitrogens with two attached hydrogens (primary N) is 1. The van der Waals surface area contributed by atoms with Crippen LogP contribution in [0.4, 0.5) is 4.39 Å². The third-order valence-electron chi connectivity index (χ3n) is 3.50. The summed E-state index contributed by atoms with van der Waals surface area (Å²) in [5, 5.41) is 7.82. The van der Waals surface area contributed by atoms with Crippen molar-refractivity contribution in [3.63, 3.8) is 0 Å². The maximum Gasteiger partial charge on any atom is 0.169 e. The first-order valence-electron chi connectivity index (χ1n) is 6.11. The van der Waals surface area contributed by atoms with Crippen LogP contribution >= 0.6 is 0 Å². The largest absolute Gasteiger partial charge is 0.327 e. The minimum atomic E-state index is -1.51. The first kappa shape index (κ1) is 11.3. The summed E-state index contributed by atoms with van der Waals surface area (Å²) in [4.78, 5) is 0. The van der Waals surface area contributed by atoms with E-state index in [2.05, 4.69) is 10.3 Å². The van der Waals surface area contributed by atoms with Crippen LogP contribution in [0.3, 0.4) is 0 Å². The van der Waals surface area contributed by atoms with Crippen molar-refractivity contribution in [2.24, 2.45) is 11.7 Å². The zero-order valence-electron chi connectivity index (χ0n) is 9.96. The molecule has 0 aliphatic heterocycles. The summed E-state index contributed by atoms with van der Waals surface area (Å²) in [7, 11) is 0. The quantitative estimate of drug-likeness (QED) is 0.895. The van der Waals surface area contributed by atoms with Gasteiger partial charge in [0.2, 0.25) is 0 Å². The number of aromatic nitrogens is 3. The second kappa shape index (κ2) is 4.17. The van der Waals surface area contributed by atoms with Gasteiger partial charge in [-0.25, -0.2) is 9.07 Å². The van der Waals surface area contributed by atoms with Gasteiger partial charge in [-0.05, 0) is 25.0 Å². The number of nitrogens with zero attached hydrogens (tertiary/aromatic N) is 3. The van der Waals surface area contributed by atoms with Gasteiger partial charge < -0.3 is 5.73 Å². The lowest BCUT2D eigenvalue weighted by molar-refractivity contribution is 0.133. The van der Waals surface area contributed by atoms with Crippen LogP contribution in [0.1, 0.15) is 18.5 Å². The summed E-state index contributed by atoms with van der Waals surface area (Å²) in [5.74, 6) is 0.00321. The Morgan fingerprint density at radius 2 is 2.06 bits per heavy atom. The minimum absolute atomic E-state index is 0.00321. The topological polar surface area (TPSA) is 56.7 Å². The number of alkyl halides is 1. The smallest absolute Gasteiger partial charge is 0.169 e. The SMILES string of the molecule is NCC(F)(c1cnnn1-c1ccccc1)C1CC1. The molecule has 94 valence electrons. The van der Waals surface area contributed by atoms with Crippen LogP contribution in [0.2, 0.25) is 0 Å². The Balaban J connectivity index is 2.06. The molecule has 2 aromatic rings. The van der Waals surface area contributed by atoms with Gasteiger partial charge in [0.05, 0.1) is 11.9 Å². The molecule has 1 aromatic heterocycles. The van der Waals surface area contributed by atoms with Crippen molar-refractivity contribution in [1.29, 1.82) is 0 Å². The monoisotopic (exact) mass is 246 g/mol. The lowest BCUT2D eigenvalue weighted by atomic mass is 9.96. The van der Waals surface area contributed by atoms with Crippen LogP contribution in [-0.4, -0.2) is 21.5 Å². The fraction of sp³-hybridized carbons (Fsp3) is 0.385. The van der Waals surface area contributed by atoms with Gasteiger partial charge >= 0.3 is 0 Å². The van der Waals surface area contributed by atoms with Crippen LogP contribution in [0, 0.1) is 5.92 Å². The van der Waals surface area contributed by atoms with Crippen molar-refractivity contribution in [3.05, 3.63) is 42.2 Å². The maximum atomic E-state index is 15.0. The van der Waals surface area contributed by atoms with Gasteiger partial charge in [0.1, 0.15) is 5.69 Å². The van der Waals surface area contributed by atoms with Crippen LogP contribution < -0.4 is 5.73 Å². The standard InChI is InChI=1S/C13H15FN4/c14-13(9-15,10-6-7-10)12-8-16-17-18(12)11-4-2-1-3-5-11/h1-5,8,10H,6-7,9,15H2. The van der Waals surface area contributed by atoms with E-state index >= 15 is 0 Å². The van der Waals surface area contributed by atoms with E-state index in [4.69, 9.17) is 5.73 Å². The highest BCUT2D eigenvalue weighted by atomic mass is 19.1. The van der Waals surface area contributed by atoms with Crippen molar-refractivity contribution in [2.45, 2.75) is 18.5 Å². The fourth-order valence-electron chi connectivity index (χ4n) is 2.30. The Hall–Kier alpha value is -1.75. The van der Waals surface area contributed by atoms with E-state index in [0.29, 0.717) is 5.69 Å². The maximum absolute atomic E-state index is 15.0. The minimum Gasteiger partial charge on any atom is -0.327 e. The molecule has 3 rings (SSSR count). The van der Waals surface area contributed by atoms with Gasteiger partial charge in [-0.15, -0.1) is 5.10 Å². The molecule has 0 bridgehead atoms.